The summed E-state index contributed by atoms with van der Waals surface area (Å²) in [5.74, 6) is -0.0458. The van der Waals surface area contributed by atoms with Gasteiger partial charge in [0, 0.05) is 19.1 Å². The Balaban J connectivity index is 1.61. The number of hydrogen-bond acceptors (Lipinski definition) is 3. The number of benzene rings is 2. The van der Waals surface area contributed by atoms with Gasteiger partial charge in [-0.25, -0.2) is 13.2 Å². The highest BCUT2D eigenvalue weighted by molar-refractivity contribution is 7.91. The number of nitrogens with one attached hydrogen (secondary N) is 1. The fourth-order valence-corrected chi connectivity index (χ4v) is 4.64. The fraction of sp³-hybridized carbons (Fsp3) is 0.350. The van der Waals surface area contributed by atoms with Crippen molar-refractivity contribution in [3.63, 3.8) is 0 Å². The number of urea groups is 1. The second kappa shape index (κ2) is 7.91. The monoisotopic (exact) mass is 372 g/mol. The highest BCUT2D eigenvalue weighted by Crippen LogP contribution is 2.22. The number of nitrogens with zero attached hydrogens (tertiary/aromatic N) is 1. The van der Waals surface area contributed by atoms with Gasteiger partial charge in [0.2, 0.25) is 0 Å². The predicted octanol–water partition coefficient (Wildman–Crippen LogP) is 3.01. The van der Waals surface area contributed by atoms with Crippen LogP contribution in [0.25, 0.3) is 0 Å². The molecule has 2 aromatic rings. The van der Waals surface area contributed by atoms with E-state index in [0.717, 1.165) is 12.8 Å². The van der Waals surface area contributed by atoms with E-state index in [0.29, 0.717) is 17.0 Å². The first-order valence-electron chi connectivity index (χ1n) is 8.86. The van der Waals surface area contributed by atoms with E-state index in [4.69, 9.17) is 0 Å². The van der Waals surface area contributed by atoms with E-state index in [1.807, 2.05) is 25.1 Å². The number of aryl methyl sites for hydroxylation is 1. The maximum Gasteiger partial charge on any atom is 0.317 e. The lowest BCUT2D eigenvalue weighted by Crippen LogP contribution is -2.44. The van der Waals surface area contributed by atoms with Gasteiger partial charge in [-0.1, -0.05) is 48.5 Å². The number of fused-ring (bicyclic) bond motifs is 1. The molecule has 0 aliphatic carbocycles. The van der Waals surface area contributed by atoms with Crippen LogP contribution >= 0.6 is 0 Å². The van der Waals surface area contributed by atoms with Crippen LogP contribution in [-0.4, -0.2) is 37.7 Å². The highest BCUT2D eigenvalue weighted by Gasteiger charge is 2.27. The van der Waals surface area contributed by atoms with Crippen molar-refractivity contribution in [2.45, 2.75) is 37.2 Å². The molecule has 1 N–H and O–H groups in total. The smallest absolute Gasteiger partial charge is 0.317 e. The Morgan fingerprint density at radius 3 is 2.58 bits per heavy atom. The molecular formula is C20H24N2O3S. The molecule has 0 saturated carbocycles. The van der Waals surface area contributed by atoms with Crippen LogP contribution in [0.1, 0.15) is 24.5 Å². The predicted molar refractivity (Wildman–Crippen MR) is 102 cm³/mol. The first-order valence-corrected chi connectivity index (χ1v) is 10.5. The lowest BCUT2D eigenvalue weighted by Gasteiger charge is -2.23. The topological polar surface area (TPSA) is 66.5 Å². The van der Waals surface area contributed by atoms with Crippen LogP contribution in [0.3, 0.4) is 0 Å². The van der Waals surface area contributed by atoms with E-state index in [1.165, 1.54) is 5.56 Å². The molecule has 5 nitrogen and oxygen atoms in total. The Morgan fingerprint density at radius 2 is 1.81 bits per heavy atom. The minimum atomic E-state index is -3.34. The molecular weight excluding hydrogens is 348 g/mol. The van der Waals surface area contributed by atoms with E-state index in [-0.39, 0.29) is 24.4 Å². The van der Waals surface area contributed by atoms with E-state index in [9.17, 15) is 13.2 Å². The number of amides is 2. The largest absolute Gasteiger partial charge is 0.336 e. The lowest BCUT2D eigenvalue weighted by molar-refractivity contribution is 0.194. The van der Waals surface area contributed by atoms with Gasteiger partial charge in [0.05, 0.1) is 10.6 Å². The van der Waals surface area contributed by atoms with Gasteiger partial charge in [-0.3, -0.25) is 0 Å². The van der Waals surface area contributed by atoms with Crippen LogP contribution in [-0.2, 0) is 22.8 Å². The van der Waals surface area contributed by atoms with Gasteiger partial charge in [-0.05, 0) is 37.0 Å². The van der Waals surface area contributed by atoms with Crippen molar-refractivity contribution in [2.75, 3.05) is 12.3 Å². The number of hydrogen-bond donors (Lipinski definition) is 1. The summed E-state index contributed by atoms with van der Waals surface area (Å²) >= 11 is 0. The van der Waals surface area contributed by atoms with Gasteiger partial charge in [0.1, 0.15) is 0 Å². The SMILES string of the molecule is CC(CCc1ccccc1)NC(=O)N1CCS(=O)(=O)c2ccccc2C1. The minimum Gasteiger partial charge on any atom is -0.336 e. The zero-order valence-corrected chi connectivity index (χ0v) is 15.7. The Morgan fingerprint density at radius 1 is 1.12 bits per heavy atom. The van der Waals surface area contributed by atoms with Crippen LogP contribution in [0.15, 0.2) is 59.5 Å². The molecule has 0 fully saturated rings. The summed E-state index contributed by atoms with van der Waals surface area (Å²) in [6, 6.07) is 16.9. The molecule has 1 heterocycles. The van der Waals surface area contributed by atoms with E-state index in [2.05, 4.69) is 17.4 Å². The van der Waals surface area contributed by atoms with Crippen LogP contribution in [0.5, 0.6) is 0 Å². The maximum absolute atomic E-state index is 12.6. The molecule has 0 saturated heterocycles. The summed E-state index contributed by atoms with van der Waals surface area (Å²) in [4.78, 5) is 14.5. The summed E-state index contributed by atoms with van der Waals surface area (Å²) in [6.07, 6.45) is 1.72. The summed E-state index contributed by atoms with van der Waals surface area (Å²) in [5.41, 5.74) is 1.92. The van der Waals surface area contributed by atoms with Gasteiger partial charge in [-0.15, -0.1) is 0 Å². The third kappa shape index (κ3) is 4.43. The second-order valence-corrected chi connectivity index (χ2v) is 8.80. The van der Waals surface area contributed by atoms with Gasteiger partial charge < -0.3 is 10.2 Å². The first-order chi connectivity index (χ1) is 12.5. The van der Waals surface area contributed by atoms with Crippen molar-refractivity contribution >= 4 is 15.9 Å². The molecule has 138 valence electrons. The Labute approximate surface area is 154 Å². The fourth-order valence-electron chi connectivity index (χ4n) is 3.14. The molecule has 1 atom stereocenters. The molecule has 1 aliphatic heterocycles. The normalized spacial score (nSPS) is 17.0. The lowest BCUT2D eigenvalue weighted by atomic mass is 10.1. The van der Waals surface area contributed by atoms with Crippen LogP contribution in [0, 0.1) is 0 Å². The third-order valence-electron chi connectivity index (χ3n) is 4.66. The van der Waals surface area contributed by atoms with Gasteiger partial charge in [0.15, 0.2) is 9.84 Å². The molecule has 1 unspecified atom stereocenters. The quantitative estimate of drug-likeness (QED) is 0.897. The maximum atomic E-state index is 12.6. The average Bonchev–Trinajstić information content (AvgIpc) is 2.77. The van der Waals surface area contributed by atoms with E-state index >= 15 is 0 Å². The van der Waals surface area contributed by atoms with Crippen molar-refractivity contribution < 1.29 is 13.2 Å². The molecule has 0 bridgehead atoms. The van der Waals surface area contributed by atoms with E-state index < -0.39 is 9.84 Å². The molecule has 1 aliphatic rings. The van der Waals surface area contributed by atoms with Crippen LogP contribution in [0.2, 0.25) is 0 Å². The number of carbonyl (C=O) groups excluding carboxylic acids is 1. The summed E-state index contributed by atoms with van der Waals surface area (Å²) in [6.45, 7) is 2.49. The van der Waals surface area contributed by atoms with Crippen LogP contribution < -0.4 is 5.32 Å². The van der Waals surface area contributed by atoms with Gasteiger partial charge >= 0.3 is 6.03 Å². The molecule has 6 heteroatoms. The van der Waals surface area contributed by atoms with Crippen molar-refractivity contribution in [2.24, 2.45) is 0 Å². The summed E-state index contributed by atoms with van der Waals surface area (Å²) < 4.78 is 24.8. The van der Waals surface area contributed by atoms with Gasteiger partial charge in [0.25, 0.3) is 0 Å². The molecule has 0 aromatic heterocycles. The molecule has 0 spiro atoms. The molecule has 2 aromatic carbocycles. The second-order valence-electron chi connectivity index (χ2n) is 6.72. The molecule has 3 rings (SSSR count). The summed E-state index contributed by atoms with van der Waals surface area (Å²) in [5, 5.41) is 3.00. The highest BCUT2D eigenvalue weighted by atomic mass is 32.2. The zero-order chi connectivity index (χ0) is 18.6. The number of sulfone groups is 1. The van der Waals surface area contributed by atoms with Crippen molar-refractivity contribution in [3.05, 3.63) is 65.7 Å². The molecule has 26 heavy (non-hydrogen) atoms. The molecule has 0 radical (unpaired) electrons. The van der Waals surface area contributed by atoms with Gasteiger partial charge in [-0.2, -0.15) is 0 Å². The standard InChI is InChI=1S/C20H24N2O3S/c1-16(11-12-17-7-3-2-4-8-17)21-20(23)22-13-14-26(24,25)19-10-6-5-9-18(19)15-22/h2-10,16H,11-15H2,1H3,(H,21,23). The number of carbonyl (C=O) groups is 1. The summed E-state index contributed by atoms with van der Waals surface area (Å²) in [7, 11) is -3.34. The van der Waals surface area contributed by atoms with E-state index in [1.54, 1.807) is 29.2 Å². The van der Waals surface area contributed by atoms with Crippen molar-refractivity contribution in [1.29, 1.82) is 0 Å². The molecule has 2 amide bonds. The minimum absolute atomic E-state index is 0.0119. The average molecular weight is 372 g/mol. The third-order valence-corrected chi connectivity index (χ3v) is 6.45. The van der Waals surface area contributed by atoms with Crippen molar-refractivity contribution in [1.82, 2.24) is 10.2 Å². The first kappa shape index (κ1) is 18.5. The Hall–Kier alpha value is -2.34. The Kier molecular flexibility index (Phi) is 5.61. The zero-order valence-electron chi connectivity index (χ0n) is 14.9. The van der Waals surface area contributed by atoms with Crippen LogP contribution in [0.4, 0.5) is 4.79 Å². The number of rotatable bonds is 4. The van der Waals surface area contributed by atoms with Crippen molar-refractivity contribution in [3.8, 4) is 0 Å². The Bertz CT molecular complexity index is 866.